The number of likely N-dealkylation sites (tertiary alicyclic amines) is 1. The Morgan fingerprint density at radius 1 is 1.28 bits per heavy atom. The van der Waals surface area contributed by atoms with Gasteiger partial charge in [-0.15, -0.1) is 0 Å². The number of hydrogen-bond donors (Lipinski definition) is 1. The molecule has 0 saturated carbocycles. The molecule has 0 spiro atoms. The first-order valence-electron chi connectivity index (χ1n) is 7.31. The van der Waals surface area contributed by atoms with E-state index >= 15 is 0 Å². The van der Waals surface area contributed by atoms with Crippen LogP contribution in [-0.4, -0.2) is 48.7 Å². The molecule has 1 radical (unpaired) electrons. The monoisotopic (exact) mass is 253 g/mol. The molecule has 2 aliphatic rings. The molecule has 4 nitrogen and oxygen atoms in total. The standard InChI is InChI=1S/C14H25N2O2/c17-11-13-4-2-8-16(10-13)14(18)6-5-12-3-1-7-15-9-12/h12-13,17H,1-11H2. The number of hydrogen-bond acceptors (Lipinski definition) is 2. The molecule has 0 aromatic heterocycles. The van der Waals surface area contributed by atoms with Crippen LogP contribution in [-0.2, 0) is 4.79 Å². The Kier molecular flexibility index (Phi) is 5.45. The van der Waals surface area contributed by atoms with Crippen molar-refractivity contribution < 1.29 is 9.90 Å². The molecule has 2 heterocycles. The molecule has 2 saturated heterocycles. The van der Waals surface area contributed by atoms with Crippen LogP contribution < -0.4 is 5.32 Å². The lowest BCUT2D eigenvalue weighted by atomic mass is 9.93. The van der Waals surface area contributed by atoms with Crippen molar-refractivity contribution in [3.8, 4) is 0 Å². The number of carbonyl (C=O) groups excluding carboxylic acids is 1. The van der Waals surface area contributed by atoms with Crippen LogP contribution in [0.2, 0.25) is 0 Å². The quantitative estimate of drug-likeness (QED) is 0.813. The summed E-state index contributed by atoms with van der Waals surface area (Å²) in [5, 5.41) is 13.6. The molecule has 1 amide bonds. The molecule has 0 aliphatic carbocycles. The SMILES string of the molecule is O=C(CCC1CCC[N]C1)N1CCCC(CO)C1. The molecule has 0 aromatic rings. The molecular weight excluding hydrogens is 228 g/mol. The molecule has 2 unspecified atom stereocenters. The average Bonchev–Trinajstić information content (AvgIpc) is 2.46. The normalized spacial score (nSPS) is 29.3. The number of piperidine rings is 2. The lowest BCUT2D eigenvalue weighted by Gasteiger charge is -2.32. The Morgan fingerprint density at radius 3 is 2.83 bits per heavy atom. The molecule has 2 rings (SSSR count). The van der Waals surface area contributed by atoms with E-state index in [9.17, 15) is 9.90 Å². The minimum absolute atomic E-state index is 0.214. The molecule has 2 aliphatic heterocycles. The van der Waals surface area contributed by atoms with Gasteiger partial charge >= 0.3 is 0 Å². The zero-order valence-electron chi connectivity index (χ0n) is 11.2. The minimum Gasteiger partial charge on any atom is -0.396 e. The third kappa shape index (κ3) is 3.95. The molecule has 103 valence electrons. The Hall–Kier alpha value is -0.610. The predicted octanol–water partition coefficient (Wildman–Crippen LogP) is 1.01. The average molecular weight is 253 g/mol. The second-order valence-corrected chi connectivity index (χ2v) is 5.71. The van der Waals surface area contributed by atoms with Crippen LogP contribution in [0.3, 0.4) is 0 Å². The highest BCUT2D eigenvalue weighted by atomic mass is 16.3. The van der Waals surface area contributed by atoms with E-state index in [1.807, 2.05) is 4.90 Å². The molecular formula is C14H25N2O2. The summed E-state index contributed by atoms with van der Waals surface area (Å²) in [6.45, 7) is 3.81. The van der Waals surface area contributed by atoms with Crippen LogP contribution >= 0.6 is 0 Å². The highest BCUT2D eigenvalue weighted by Gasteiger charge is 2.24. The fourth-order valence-corrected chi connectivity index (χ4v) is 3.02. The van der Waals surface area contributed by atoms with Gasteiger partial charge in [0.1, 0.15) is 0 Å². The highest BCUT2D eigenvalue weighted by Crippen LogP contribution is 2.20. The molecule has 2 fully saturated rings. The molecule has 0 aromatic carbocycles. The van der Waals surface area contributed by atoms with Crippen LogP contribution in [0.25, 0.3) is 0 Å². The maximum atomic E-state index is 12.1. The van der Waals surface area contributed by atoms with Crippen LogP contribution in [0, 0.1) is 11.8 Å². The largest absolute Gasteiger partial charge is 0.396 e. The summed E-state index contributed by atoms with van der Waals surface area (Å²) in [5.41, 5.74) is 0. The summed E-state index contributed by atoms with van der Waals surface area (Å²) in [7, 11) is 0. The van der Waals surface area contributed by atoms with Gasteiger partial charge in [-0.25, -0.2) is 5.32 Å². The van der Waals surface area contributed by atoms with E-state index in [1.54, 1.807) is 0 Å². The summed E-state index contributed by atoms with van der Waals surface area (Å²) in [6, 6.07) is 0. The van der Waals surface area contributed by atoms with Gasteiger partial charge in [0.2, 0.25) is 5.91 Å². The van der Waals surface area contributed by atoms with Gasteiger partial charge in [0.15, 0.2) is 0 Å². The second-order valence-electron chi connectivity index (χ2n) is 5.71. The summed E-state index contributed by atoms with van der Waals surface area (Å²) < 4.78 is 0. The third-order valence-corrected chi connectivity index (χ3v) is 4.21. The number of aliphatic hydroxyl groups excluding tert-OH is 1. The van der Waals surface area contributed by atoms with Gasteiger partial charge in [-0.05, 0) is 43.9 Å². The zero-order chi connectivity index (χ0) is 12.8. The Balaban J connectivity index is 1.70. The van der Waals surface area contributed by atoms with Crippen molar-refractivity contribution in [2.24, 2.45) is 11.8 Å². The summed E-state index contributed by atoms with van der Waals surface area (Å²) in [4.78, 5) is 14.1. The topological polar surface area (TPSA) is 54.6 Å². The van der Waals surface area contributed by atoms with Gasteiger partial charge in [-0.3, -0.25) is 4.79 Å². The Morgan fingerprint density at radius 2 is 2.11 bits per heavy atom. The molecule has 4 heteroatoms. The van der Waals surface area contributed by atoms with E-state index in [0.717, 1.165) is 45.4 Å². The van der Waals surface area contributed by atoms with Crippen molar-refractivity contribution in [3.05, 3.63) is 0 Å². The van der Waals surface area contributed by atoms with Crippen molar-refractivity contribution in [1.82, 2.24) is 10.2 Å². The number of amides is 1. The number of rotatable bonds is 4. The van der Waals surface area contributed by atoms with Crippen LogP contribution in [0.4, 0.5) is 0 Å². The van der Waals surface area contributed by atoms with Crippen LogP contribution in [0.15, 0.2) is 0 Å². The Bertz CT molecular complexity index is 265. The van der Waals surface area contributed by atoms with E-state index in [2.05, 4.69) is 5.32 Å². The van der Waals surface area contributed by atoms with Gasteiger partial charge in [0.25, 0.3) is 0 Å². The summed E-state index contributed by atoms with van der Waals surface area (Å²) in [5.74, 6) is 1.20. The fraction of sp³-hybridized carbons (Fsp3) is 0.929. The number of nitrogens with zero attached hydrogens (tertiary/aromatic N) is 2. The first-order chi connectivity index (χ1) is 8.79. The number of aliphatic hydroxyl groups is 1. The first kappa shape index (κ1) is 13.8. The van der Waals surface area contributed by atoms with Crippen molar-refractivity contribution in [2.75, 3.05) is 32.8 Å². The maximum Gasteiger partial charge on any atom is 0.222 e. The van der Waals surface area contributed by atoms with Gasteiger partial charge < -0.3 is 10.0 Å². The lowest BCUT2D eigenvalue weighted by molar-refractivity contribution is -0.133. The van der Waals surface area contributed by atoms with E-state index in [1.165, 1.54) is 12.8 Å². The molecule has 0 bridgehead atoms. The van der Waals surface area contributed by atoms with E-state index in [-0.39, 0.29) is 12.5 Å². The first-order valence-corrected chi connectivity index (χ1v) is 7.31. The van der Waals surface area contributed by atoms with E-state index < -0.39 is 0 Å². The summed E-state index contributed by atoms with van der Waals surface area (Å²) >= 11 is 0. The van der Waals surface area contributed by atoms with Gasteiger partial charge in [0, 0.05) is 39.2 Å². The fourth-order valence-electron chi connectivity index (χ4n) is 3.02. The van der Waals surface area contributed by atoms with Gasteiger partial charge in [-0.2, -0.15) is 0 Å². The summed E-state index contributed by atoms with van der Waals surface area (Å²) in [6.07, 6.45) is 6.17. The molecule has 1 N–H and O–H groups in total. The van der Waals surface area contributed by atoms with Crippen molar-refractivity contribution in [1.29, 1.82) is 0 Å². The smallest absolute Gasteiger partial charge is 0.222 e. The highest BCUT2D eigenvalue weighted by molar-refractivity contribution is 5.76. The van der Waals surface area contributed by atoms with Crippen molar-refractivity contribution in [2.45, 2.75) is 38.5 Å². The van der Waals surface area contributed by atoms with Crippen molar-refractivity contribution >= 4 is 5.91 Å². The van der Waals surface area contributed by atoms with Crippen LogP contribution in [0.1, 0.15) is 38.5 Å². The minimum atomic E-state index is 0.214. The maximum absolute atomic E-state index is 12.1. The molecule has 2 atom stereocenters. The predicted molar refractivity (Wildman–Crippen MR) is 70.2 cm³/mol. The second kappa shape index (κ2) is 7.10. The molecule has 18 heavy (non-hydrogen) atoms. The van der Waals surface area contributed by atoms with Gasteiger partial charge in [-0.1, -0.05) is 0 Å². The number of carbonyl (C=O) groups is 1. The van der Waals surface area contributed by atoms with Gasteiger partial charge in [0.05, 0.1) is 0 Å². The lowest BCUT2D eigenvalue weighted by Crippen LogP contribution is -2.41. The van der Waals surface area contributed by atoms with Crippen LogP contribution in [0.5, 0.6) is 0 Å². The van der Waals surface area contributed by atoms with E-state index in [4.69, 9.17) is 0 Å². The zero-order valence-corrected chi connectivity index (χ0v) is 11.2. The van der Waals surface area contributed by atoms with E-state index in [0.29, 0.717) is 18.3 Å². The Labute approximate surface area is 110 Å². The van der Waals surface area contributed by atoms with Crippen molar-refractivity contribution in [3.63, 3.8) is 0 Å². The third-order valence-electron chi connectivity index (χ3n) is 4.21.